The Morgan fingerprint density at radius 3 is 2.53 bits per heavy atom. The van der Waals surface area contributed by atoms with Crippen molar-refractivity contribution in [2.24, 2.45) is 5.92 Å². The largest absolute Gasteiger partial charge is 0.343 e. The third-order valence-corrected chi connectivity index (χ3v) is 4.51. The van der Waals surface area contributed by atoms with Crippen LogP contribution in [0.2, 0.25) is 5.02 Å². The summed E-state index contributed by atoms with van der Waals surface area (Å²) in [6.07, 6.45) is 2.75. The Balaban J connectivity index is 1.88. The SMILES string of the molecule is Cc1nn(CCC(=O)N2CCC(C)CC2)c(C)c1Cl. The van der Waals surface area contributed by atoms with Gasteiger partial charge in [0, 0.05) is 19.5 Å². The number of carbonyl (C=O) groups excluding carboxylic acids is 1. The lowest BCUT2D eigenvalue weighted by molar-refractivity contribution is -0.132. The maximum Gasteiger partial charge on any atom is 0.224 e. The van der Waals surface area contributed by atoms with E-state index >= 15 is 0 Å². The van der Waals surface area contributed by atoms with Gasteiger partial charge in [0.15, 0.2) is 0 Å². The molecule has 1 aromatic heterocycles. The van der Waals surface area contributed by atoms with E-state index in [1.165, 1.54) is 0 Å². The van der Waals surface area contributed by atoms with Gasteiger partial charge in [0.1, 0.15) is 0 Å². The van der Waals surface area contributed by atoms with Gasteiger partial charge in [-0.05, 0) is 32.6 Å². The molecule has 19 heavy (non-hydrogen) atoms. The smallest absolute Gasteiger partial charge is 0.224 e. The molecule has 4 nitrogen and oxygen atoms in total. The molecule has 0 aromatic carbocycles. The van der Waals surface area contributed by atoms with E-state index in [2.05, 4.69) is 12.0 Å². The van der Waals surface area contributed by atoms with Gasteiger partial charge in [0.2, 0.25) is 5.91 Å². The molecule has 5 heteroatoms. The summed E-state index contributed by atoms with van der Waals surface area (Å²) in [7, 11) is 0. The predicted octanol–water partition coefficient (Wildman–Crippen LogP) is 2.80. The molecule has 1 saturated heterocycles. The van der Waals surface area contributed by atoms with Crippen LogP contribution in [0.3, 0.4) is 0 Å². The fourth-order valence-corrected chi connectivity index (χ4v) is 2.65. The van der Waals surface area contributed by atoms with E-state index in [0.717, 1.165) is 43.2 Å². The van der Waals surface area contributed by atoms with E-state index in [0.29, 0.717) is 18.0 Å². The van der Waals surface area contributed by atoms with Crippen molar-refractivity contribution < 1.29 is 4.79 Å². The third-order valence-electron chi connectivity index (χ3n) is 3.97. The summed E-state index contributed by atoms with van der Waals surface area (Å²) < 4.78 is 1.84. The molecule has 0 spiro atoms. The minimum absolute atomic E-state index is 0.232. The van der Waals surface area contributed by atoms with Crippen molar-refractivity contribution in [1.82, 2.24) is 14.7 Å². The number of piperidine rings is 1. The van der Waals surface area contributed by atoms with Gasteiger partial charge in [-0.15, -0.1) is 0 Å². The first-order chi connectivity index (χ1) is 8.99. The van der Waals surface area contributed by atoms with Gasteiger partial charge in [0.25, 0.3) is 0 Å². The van der Waals surface area contributed by atoms with Crippen LogP contribution in [-0.2, 0) is 11.3 Å². The van der Waals surface area contributed by atoms with Gasteiger partial charge >= 0.3 is 0 Å². The molecule has 0 atom stereocenters. The van der Waals surface area contributed by atoms with Crippen molar-refractivity contribution in [2.45, 2.75) is 46.6 Å². The van der Waals surface area contributed by atoms with Crippen LogP contribution >= 0.6 is 11.6 Å². The second-order valence-corrected chi connectivity index (χ2v) is 5.90. The summed E-state index contributed by atoms with van der Waals surface area (Å²) in [5, 5.41) is 5.06. The molecule has 0 N–H and O–H groups in total. The van der Waals surface area contributed by atoms with E-state index < -0.39 is 0 Å². The summed E-state index contributed by atoms with van der Waals surface area (Å²) in [6, 6.07) is 0. The number of aryl methyl sites for hydroxylation is 2. The molecule has 1 aliphatic rings. The molecule has 1 aliphatic heterocycles. The van der Waals surface area contributed by atoms with Crippen molar-refractivity contribution in [3.05, 3.63) is 16.4 Å². The van der Waals surface area contributed by atoms with Gasteiger partial charge < -0.3 is 4.90 Å². The average molecular weight is 284 g/mol. The Labute approximate surface area is 119 Å². The Morgan fingerprint density at radius 2 is 2.00 bits per heavy atom. The Hall–Kier alpha value is -1.03. The van der Waals surface area contributed by atoms with E-state index in [4.69, 9.17) is 11.6 Å². The van der Waals surface area contributed by atoms with Gasteiger partial charge in [0.05, 0.1) is 23.0 Å². The zero-order chi connectivity index (χ0) is 14.0. The standard InChI is InChI=1S/C14H22ClN3O/c1-10-4-7-17(8-5-10)13(19)6-9-18-12(3)14(15)11(2)16-18/h10H,4-9H2,1-3H3. The minimum Gasteiger partial charge on any atom is -0.343 e. The molecule has 106 valence electrons. The predicted molar refractivity (Wildman–Crippen MR) is 76.3 cm³/mol. The van der Waals surface area contributed by atoms with Crippen molar-refractivity contribution >= 4 is 17.5 Å². The van der Waals surface area contributed by atoms with Crippen LogP contribution in [0.25, 0.3) is 0 Å². The Bertz CT molecular complexity index is 462. The van der Waals surface area contributed by atoms with E-state index in [-0.39, 0.29) is 5.91 Å². The van der Waals surface area contributed by atoms with Crippen LogP contribution in [-0.4, -0.2) is 33.7 Å². The quantitative estimate of drug-likeness (QED) is 0.855. The molecule has 2 heterocycles. The van der Waals surface area contributed by atoms with Gasteiger partial charge in [-0.3, -0.25) is 9.48 Å². The number of halogens is 1. The van der Waals surface area contributed by atoms with E-state index in [9.17, 15) is 4.79 Å². The highest BCUT2D eigenvalue weighted by Gasteiger charge is 2.20. The second-order valence-electron chi connectivity index (χ2n) is 5.52. The summed E-state index contributed by atoms with van der Waals surface area (Å²) in [6.45, 7) is 8.49. The summed E-state index contributed by atoms with van der Waals surface area (Å²) in [5.41, 5.74) is 1.78. The third kappa shape index (κ3) is 3.30. The molecule has 0 radical (unpaired) electrons. The molecular weight excluding hydrogens is 262 g/mol. The number of carbonyl (C=O) groups is 1. The van der Waals surface area contributed by atoms with Gasteiger partial charge in [-0.25, -0.2) is 0 Å². The first-order valence-electron chi connectivity index (χ1n) is 6.96. The normalized spacial score (nSPS) is 16.9. The van der Waals surface area contributed by atoms with Crippen molar-refractivity contribution in [3.63, 3.8) is 0 Å². The van der Waals surface area contributed by atoms with Crippen LogP contribution < -0.4 is 0 Å². The first kappa shape index (κ1) is 14.4. The number of hydrogen-bond acceptors (Lipinski definition) is 2. The number of nitrogens with zero attached hydrogens (tertiary/aromatic N) is 3. The fourth-order valence-electron chi connectivity index (χ4n) is 2.51. The average Bonchev–Trinajstić information content (AvgIpc) is 2.64. The number of amides is 1. The molecule has 1 fully saturated rings. The molecule has 0 bridgehead atoms. The van der Waals surface area contributed by atoms with E-state index in [1.54, 1.807) is 0 Å². The summed E-state index contributed by atoms with van der Waals surface area (Å²) >= 11 is 6.10. The van der Waals surface area contributed by atoms with Crippen LogP contribution in [0.5, 0.6) is 0 Å². The van der Waals surface area contributed by atoms with Crippen LogP contribution in [0.4, 0.5) is 0 Å². The van der Waals surface area contributed by atoms with Crippen LogP contribution in [0.15, 0.2) is 0 Å². The van der Waals surface area contributed by atoms with Gasteiger partial charge in [-0.2, -0.15) is 5.10 Å². The Morgan fingerprint density at radius 1 is 1.37 bits per heavy atom. The highest BCUT2D eigenvalue weighted by atomic mass is 35.5. The van der Waals surface area contributed by atoms with Crippen molar-refractivity contribution in [2.75, 3.05) is 13.1 Å². The molecule has 0 unspecified atom stereocenters. The van der Waals surface area contributed by atoms with Crippen molar-refractivity contribution in [3.8, 4) is 0 Å². The zero-order valence-corrected chi connectivity index (χ0v) is 12.7. The van der Waals surface area contributed by atoms with E-state index in [1.807, 2.05) is 23.4 Å². The number of hydrogen-bond donors (Lipinski definition) is 0. The fraction of sp³-hybridized carbons (Fsp3) is 0.714. The first-order valence-corrected chi connectivity index (χ1v) is 7.34. The zero-order valence-electron chi connectivity index (χ0n) is 11.9. The number of likely N-dealkylation sites (tertiary alicyclic amines) is 1. The molecule has 0 aliphatic carbocycles. The van der Waals surface area contributed by atoms with Crippen LogP contribution in [0.1, 0.15) is 37.6 Å². The van der Waals surface area contributed by atoms with Gasteiger partial charge in [-0.1, -0.05) is 18.5 Å². The number of aromatic nitrogens is 2. The lowest BCUT2D eigenvalue weighted by atomic mass is 9.99. The minimum atomic E-state index is 0.232. The van der Waals surface area contributed by atoms with Crippen LogP contribution in [0, 0.1) is 19.8 Å². The highest BCUT2D eigenvalue weighted by Crippen LogP contribution is 2.20. The second kappa shape index (κ2) is 5.95. The molecule has 1 aromatic rings. The monoisotopic (exact) mass is 283 g/mol. The maximum absolute atomic E-state index is 12.1. The molecular formula is C14H22ClN3O. The summed E-state index contributed by atoms with van der Waals surface area (Å²) in [5.74, 6) is 0.981. The Kier molecular flexibility index (Phi) is 4.50. The molecule has 0 saturated carbocycles. The molecule has 2 rings (SSSR count). The lowest BCUT2D eigenvalue weighted by Crippen LogP contribution is -2.38. The lowest BCUT2D eigenvalue weighted by Gasteiger charge is -2.30. The number of rotatable bonds is 3. The maximum atomic E-state index is 12.1. The highest BCUT2D eigenvalue weighted by molar-refractivity contribution is 6.31. The summed E-state index contributed by atoms with van der Waals surface area (Å²) in [4.78, 5) is 14.1. The topological polar surface area (TPSA) is 38.1 Å². The van der Waals surface area contributed by atoms with Crippen molar-refractivity contribution in [1.29, 1.82) is 0 Å². The molecule has 1 amide bonds.